The van der Waals surface area contributed by atoms with E-state index in [9.17, 15) is 5.11 Å². The molecule has 1 saturated heterocycles. The summed E-state index contributed by atoms with van der Waals surface area (Å²) in [6.45, 7) is 5.39. The van der Waals surface area contributed by atoms with Crippen LogP contribution in [0.3, 0.4) is 0 Å². The molecule has 1 fully saturated rings. The molecule has 1 N–H and O–H groups in total. The van der Waals surface area contributed by atoms with Crippen LogP contribution in [-0.4, -0.2) is 40.4 Å². The van der Waals surface area contributed by atoms with Gasteiger partial charge in [0.25, 0.3) is 0 Å². The summed E-state index contributed by atoms with van der Waals surface area (Å²) >= 11 is 0. The van der Waals surface area contributed by atoms with E-state index in [0.29, 0.717) is 6.54 Å². The molecule has 0 saturated carbocycles. The van der Waals surface area contributed by atoms with Crippen molar-refractivity contribution in [1.82, 2.24) is 9.97 Å². The molecular formula is C21H23N3O2. The summed E-state index contributed by atoms with van der Waals surface area (Å²) in [6.07, 6.45) is 1.77. The highest BCUT2D eigenvalue weighted by Gasteiger charge is 2.30. The van der Waals surface area contributed by atoms with Gasteiger partial charge >= 0.3 is 0 Å². The van der Waals surface area contributed by atoms with E-state index >= 15 is 0 Å². The molecule has 2 atom stereocenters. The normalized spacial score (nSPS) is 20.3. The Morgan fingerprint density at radius 1 is 1.12 bits per heavy atom. The molecule has 26 heavy (non-hydrogen) atoms. The second kappa shape index (κ2) is 6.92. The molecule has 1 aromatic carbocycles. The average Bonchev–Trinajstić information content (AvgIpc) is 2.63. The van der Waals surface area contributed by atoms with Crippen LogP contribution in [-0.2, 0) is 0 Å². The van der Waals surface area contributed by atoms with E-state index in [2.05, 4.69) is 27.0 Å². The molecule has 0 unspecified atom stereocenters. The number of β-amino-alcohol motifs (C(OH)–C–C–N with tert-alkyl or cyclic N) is 1. The number of piperidine rings is 1. The number of aryl methyl sites for hydroxylation is 2. The standard InChI is InChI=1S/C21H23N3O2/c1-14-11-16(12-15(2)23-14)24-10-8-21(19(25)13-24)26-20-7-3-6-18-17(20)5-4-9-22-18/h3-7,9,11-12,19,21,25H,8,10,13H2,1-2H3/t19-,21-/m1/s1. The Balaban J connectivity index is 1.50. The highest BCUT2D eigenvalue weighted by Crippen LogP contribution is 2.28. The molecule has 5 heteroatoms. The van der Waals surface area contributed by atoms with Crippen LogP contribution in [0.4, 0.5) is 5.69 Å². The van der Waals surface area contributed by atoms with Crippen LogP contribution in [0, 0.1) is 13.8 Å². The van der Waals surface area contributed by atoms with Gasteiger partial charge in [-0.15, -0.1) is 0 Å². The summed E-state index contributed by atoms with van der Waals surface area (Å²) in [4.78, 5) is 11.0. The molecule has 0 spiro atoms. The second-order valence-corrected chi connectivity index (χ2v) is 6.89. The molecular weight excluding hydrogens is 326 g/mol. The van der Waals surface area contributed by atoms with Gasteiger partial charge in [-0.2, -0.15) is 0 Å². The summed E-state index contributed by atoms with van der Waals surface area (Å²) < 4.78 is 6.18. The Bertz CT molecular complexity index is 903. The van der Waals surface area contributed by atoms with Gasteiger partial charge in [0.15, 0.2) is 0 Å². The van der Waals surface area contributed by atoms with Gasteiger partial charge in [0.1, 0.15) is 18.0 Å². The van der Waals surface area contributed by atoms with Gasteiger partial charge in [0, 0.05) is 48.2 Å². The quantitative estimate of drug-likeness (QED) is 0.786. The zero-order chi connectivity index (χ0) is 18.1. The minimum absolute atomic E-state index is 0.221. The second-order valence-electron chi connectivity index (χ2n) is 6.89. The number of ether oxygens (including phenoxy) is 1. The van der Waals surface area contributed by atoms with Gasteiger partial charge < -0.3 is 14.7 Å². The molecule has 2 aromatic heterocycles. The Kier molecular flexibility index (Phi) is 4.47. The lowest BCUT2D eigenvalue weighted by Crippen LogP contribution is -2.49. The van der Waals surface area contributed by atoms with Crippen LogP contribution < -0.4 is 9.64 Å². The van der Waals surface area contributed by atoms with Crippen molar-refractivity contribution in [3.63, 3.8) is 0 Å². The maximum atomic E-state index is 10.7. The maximum absolute atomic E-state index is 10.7. The average molecular weight is 349 g/mol. The van der Waals surface area contributed by atoms with Crippen molar-refractivity contribution in [1.29, 1.82) is 0 Å². The number of aromatic nitrogens is 2. The van der Waals surface area contributed by atoms with Gasteiger partial charge in [-0.1, -0.05) is 6.07 Å². The summed E-state index contributed by atoms with van der Waals surface area (Å²) in [7, 11) is 0. The third kappa shape index (κ3) is 3.35. The van der Waals surface area contributed by atoms with Crippen molar-refractivity contribution in [2.75, 3.05) is 18.0 Å². The van der Waals surface area contributed by atoms with Crippen LogP contribution in [0.1, 0.15) is 17.8 Å². The first-order valence-corrected chi connectivity index (χ1v) is 8.99. The number of hydrogen-bond donors (Lipinski definition) is 1. The third-order valence-corrected chi connectivity index (χ3v) is 4.84. The van der Waals surface area contributed by atoms with E-state index in [-0.39, 0.29) is 6.10 Å². The zero-order valence-electron chi connectivity index (χ0n) is 15.1. The lowest BCUT2D eigenvalue weighted by molar-refractivity contribution is 0.0251. The number of anilines is 1. The Morgan fingerprint density at radius 3 is 2.69 bits per heavy atom. The molecule has 5 nitrogen and oxygen atoms in total. The predicted octanol–water partition coefficient (Wildman–Crippen LogP) is 3.27. The zero-order valence-corrected chi connectivity index (χ0v) is 15.1. The third-order valence-electron chi connectivity index (χ3n) is 4.84. The number of nitrogens with zero attached hydrogens (tertiary/aromatic N) is 3. The number of aliphatic hydroxyl groups is 1. The van der Waals surface area contributed by atoms with Crippen molar-refractivity contribution in [2.24, 2.45) is 0 Å². The minimum Gasteiger partial charge on any atom is -0.487 e. The summed E-state index contributed by atoms with van der Waals surface area (Å²) in [5, 5.41) is 11.7. The molecule has 134 valence electrons. The summed E-state index contributed by atoms with van der Waals surface area (Å²) in [5.41, 5.74) is 4.01. The van der Waals surface area contributed by atoms with Crippen molar-refractivity contribution in [3.8, 4) is 5.75 Å². The number of rotatable bonds is 3. The van der Waals surface area contributed by atoms with Crippen LogP contribution in [0.5, 0.6) is 5.75 Å². The first-order chi connectivity index (χ1) is 12.6. The fourth-order valence-electron chi connectivity index (χ4n) is 3.62. The van der Waals surface area contributed by atoms with Crippen molar-refractivity contribution >= 4 is 16.6 Å². The van der Waals surface area contributed by atoms with E-state index in [4.69, 9.17) is 4.74 Å². The molecule has 1 aliphatic heterocycles. The number of fused-ring (bicyclic) bond motifs is 1. The molecule has 4 rings (SSSR count). The lowest BCUT2D eigenvalue weighted by atomic mass is 10.0. The summed E-state index contributed by atoms with van der Waals surface area (Å²) in [6, 6.07) is 13.9. The number of pyridine rings is 2. The van der Waals surface area contributed by atoms with Crippen molar-refractivity contribution in [3.05, 3.63) is 60.0 Å². The number of aliphatic hydroxyl groups excluding tert-OH is 1. The topological polar surface area (TPSA) is 58.5 Å². The van der Waals surface area contributed by atoms with E-state index in [1.807, 2.05) is 44.2 Å². The van der Waals surface area contributed by atoms with Crippen LogP contribution in [0.15, 0.2) is 48.7 Å². The van der Waals surface area contributed by atoms with Gasteiger partial charge in [-0.05, 0) is 50.2 Å². The molecule has 0 amide bonds. The number of benzene rings is 1. The van der Waals surface area contributed by atoms with Crippen molar-refractivity contribution < 1.29 is 9.84 Å². The first kappa shape index (κ1) is 16.8. The van der Waals surface area contributed by atoms with Crippen LogP contribution in [0.2, 0.25) is 0 Å². The number of hydrogen-bond acceptors (Lipinski definition) is 5. The lowest BCUT2D eigenvalue weighted by Gasteiger charge is -2.37. The van der Waals surface area contributed by atoms with Gasteiger partial charge in [0.05, 0.1) is 5.52 Å². The molecule has 0 aliphatic carbocycles. The highest BCUT2D eigenvalue weighted by molar-refractivity contribution is 5.84. The first-order valence-electron chi connectivity index (χ1n) is 8.99. The molecule has 1 aliphatic rings. The van der Waals surface area contributed by atoms with E-state index in [0.717, 1.165) is 46.7 Å². The SMILES string of the molecule is Cc1cc(N2CC[C@@H](Oc3cccc4ncccc34)[C@H](O)C2)cc(C)n1. The smallest absolute Gasteiger partial charge is 0.129 e. The van der Waals surface area contributed by atoms with Crippen molar-refractivity contribution in [2.45, 2.75) is 32.5 Å². The van der Waals surface area contributed by atoms with Gasteiger partial charge in [0.2, 0.25) is 0 Å². The highest BCUT2D eigenvalue weighted by atomic mass is 16.5. The molecule has 3 heterocycles. The minimum atomic E-state index is -0.551. The van der Waals surface area contributed by atoms with E-state index in [1.165, 1.54) is 0 Å². The maximum Gasteiger partial charge on any atom is 0.129 e. The van der Waals surface area contributed by atoms with E-state index in [1.54, 1.807) is 6.20 Å². The Morgan fingerprint density at radius 2 is 1.92 bits per heavy atom. The van der Waals surface area contributed by atoms with Crippen LogP contribution in [0.25, 0.3) is 10.9 Å². The largest absolute Gasteiger partial charge is 0.487 e. The molecule has 0 bridgehead atoms. The van der Waals surface area contributed by atoms with Crippen LogP contribution >= 0.6 is 0 Å². The molecule has 3 aromatic rings. The Hall–Kier alpha value is -2.66. The summed E-state index contributed by atoms with van der Waals surface area (Å²) in [5.74, 6) is 0.781. The fraction of sp³-hybridized carbons (Fsp3) is 0.333. The van der Waals surface area contributed by atoms with Gasteiger partial charge in [-0.25, -0.2) is 0 Å². The predicted molar refractivity (Wildman–Crippen MR) is 103 cm³/mol. The molecule has 0 radical (unpaired) electrons. The Labute approximate surface area is 153 Å². The van der Waals surface area contributed by atoms with E-state index < -0.39 is 6.10 Å². The van der Waals surface area contributed by atoms with Gasteiger partial charge in [-0.3, -0.25) is 9.97 Å². The fourth-order valence-corrected chi connectivity index (χ4v) is 3.62. The monoisotopic (exact) mass is 349 g/mol.